The minimum atomic E-state index is -4.43. The highest BCUT2D eigenvalue weighted by molar-refractivity contribution is 7.89. The van der Waals surface area contributed by atoms with Gasteiger partial charge in [0.1, 0.15) is 10.6 Å². The van der Waals surface area contributed by atoms with Crippen molar-refractivity contribution in [2.24, 2.45) is 18.9 Å². The second-order valence-electron chi connectivity index (χ2n) is 8.24. The molecule has 35 heavy (non-hydrogen) atoms. The number of carbonyl (C=O) groups is 3. The zero-order chi connectivity index (χ0) is 25.8. The third-order valence-corrected chi connectivity index (χ3v) is 7.47. The lowest BCUT2D eigenvalue weighted by Gasteiger charge is -2.19. The highest BCUT2D eigenvalue weighted by Gasteiger charge is 2.58. The number of aryl methyl sites for hydroxylation is 1. The van der Waals surface area contributed by atoms with Crippen LogP contribution in [0.15, 0.2) is 23.2 Å². The summed E-state index contributed by atoms with van der Waals surface area (Å²) in [5.74, 6) is -9.55. The zero-order valence-electron chi connectivity index (χ0n) is 18.2. The third-order valence-electron chi connectivity index (χ3n) is 6.03. The van der Waals surface area contributed by atoms with E-state index >= 15 is 4.39 Å². The summed E-state index contributed by atoms with van der Waals surface area (Å²) in [5.41, 5.74) is -1.25. The first kappa shape index (κ1) is 24.7. The summed E-state index contributed by atoms with van der Waals surface area (Å²) in [6.45, 7) is 0.305. The topological polar surface area (TPSA) is 130 Å². The van der Waals surface area contributed by atoms with Crippen LogP contribution in [-0.2, 0) is 26.7 Å². The lowest BCUT2D eigenvalue weighted by atomic mass is 10.2. The molecule has 15 heteroatoms. The van der Waals surface area contributed by atoms with Gasteiger partial charge in [-0.2, -0.15) is 0 Å². The first-order chi connectivity index (χ1) is 16.4. The molecular weight excluding hydrogens is 498 g/mol. The molecular formula is C20H19F4N5O5S. The van der Waals surface area contributed by atoms with Gasteiger partial charge in [0.2, 0.25) is 10.0 Å². The first-order valence-corrected chi connectivity index (χ1v) is 11.7. The number of fused-ring (bicyclic) bond motifs is 1. The number of hydrogen-bond acceptors (Lipinski definition) is 5. The minimum Gasteiger partial charge on any atom is -0.351 e. The lowest BCUT2D eigenvalue weighted by Crippen LogP contribution is -2.43. The van der Waals surface area contributed by atoms with E-state index in [4.69, 9.17) is 0 Å². The van der Waals surface area contributed by atoms with E-state index in [1.807, 2.05) is 5.32 Å². The Bertz CT molecular complexity index is 1330. The third kappa shape index (κ3) is 4.36. The van der Waals surface area contributed by atoms with Crippen LogP contribution in [0.1, 0.15) is 10.5 Å². The van der Waals surface area contributed by atoms with Crippen LogP contribution in [0, 0.1) is 35.1 Å². The van der Waals surface area contributed by atoms with Crippen LogP contribution in [0.3, 0.4) is 0 Å². The number of aromatic nitrogens is 1. The summed E-state index contributed by atoms with van der Waals surface area (Å²) in [6, 6.07) is 0.386. The van der Waals surface area contributed by atoms with Crippen molar-refractivity contribution < 1.29 is 40.4 Å². The number of nitrogens with zero attached hydrogens (tertiary/aromatic N) is 2. The SMILES string of the molecule is CNC(=O)C(=O)N1CC2C(NS(=O)(=O)c3cn(C)c(C(=O)Nc4cc(F)c(F)c(F)c4)c3F)[C@@H]2C1. The molecule has 3 N–H and O–H groups in total. The molecule has 2 heterocycles. The molecule has 0 bridgehead atoms. The molecule has 1 aliphatic heterocycles. The Labute approximate surface area is 196 Å². The normalized spacial score (nSPS) is 21.0. The number of likely N-dealkylation sites (tertiary alicyclic amines) is 1. The maximum atomic E-state index is 15.0. The Hall–Kier alpha value is -3.46. The number of sulfonamides is 1. The first-order valence-electron chi connectivity index (χ1n) is 10.2. The van der Waals surface area contributed by atoms with Gasteiger partial charge in [-0.25, -0.2) is 30.7 Å². The molecule has 1 saturated heterocycles. The summed E-state index contributed by atoms with van der Waals surface area (Å²) < 4.78 is 83.7. The van der Waals surface area contributed by atoms with E-state index in [2.05, 4.69) is 10.0 Å². The summed E-state index contributed by atoms with van der Waals surface area (Å²) in [5, 5.41) is 4.21. The summed E-state index contributed by atoms with van der Waals surface area (Å²) in [4.78, 5) is 36.3. The van der Waals surface area contributed by atoms with Crippen molar-refractivity contribution in [1.29, 1.82) is 0 Å². The second-order valence-corrected chi connectivity index (χ2v) is 9.92. The summed E-state index contributed by atoms with van der Waals surface area (Å²) in [6.07, 6.45) is 0.859. The van der Waals surface area contributed by atoms with Crippen LogP contribution in [0.5, 0.6) is 0 Å². The van der Waals surface area contributed by atoms with Crippen molar-refractivity contribution in [1.82, 2.24) is 19.5 Å². The van der Waals surface area contributed by atoms with Crippen molar-refractivity contribution in [3.63, 3.8) is 0 Å². The van der Waals surface area contributed by atoms with Gasteiger partial charge in [-0.15, -0.1) is 0 Å². The van der Waals surface area contributed by atoms with Gasteiger partial charge in [-0.1, -0.05) is 0 Å². The Morgan fingerprint density at radius 3 is 2.11 bits per heavy atom. The van der Waals surface area contributed by atoms with Gasteiger partial charge in [-0.05, 0) is 11.8 Å². The van der Waals surface area contributed by atoms with Crippen molar-refractivity contribution in [3.05, 3.63) is 47.3 Å². The van der Waals surface area contributed by atoms with Crippen molar-refractivity contribution >= 4 is 33.4 Å². The van der Waals surface area contributed by atoms with E-state index in [1.165, 1.54) is 19.0 Å². The van der Waals surface area contributed by atoms with Crippen molar-refractivity contribution in [2.45, 2.75) is 10.9 Å². The van der Waals surface area contributed by atoms with Crippen molar-refractivity contribution in [2.75, 3.05) is 25.5 Å². The molecule has 1 saturated carbocycles. The Morgan fingerprint density at radius 1 is 1.00 bits per heavy atom. The molecule has 0 spiro atoms. The molecule has 2 aliphatic rings. The van der Waals surface area contributed by atoms with E-state index in [0.29, 0.717) is 12.1 Å². The molecule has 2 aromatic rings. The second kappa shape index (κ2) is 8.64. The average Bonchev–Trinajstić information content (AvgIpc) is 3.11. The van der Waals surface area contributed by atoms with Crippen LogP contribution < -0.4 is 15.4 Å². The standard InChI is InChI=1S/C20H19F4N5O5S/c1-25-19(31)20(32)29-5-9-10(6-29)16(9)27-35(33,34)13-7-28(2)17(15(13)24)18(30)26-8-3-11(21)14(23)12(22)4-8/h3-4,7,9-10,16,27H,5-6H2,1-2H3,(H,25,31)(H,26,30)/t9-,10?,16?/m1/s1. The maximum absolute atomic E-state index is 15.0. The maximum Gasteiger partial charge on any atom is 0.311 e. The summed E-state index contributed by atoms with van der Waals surface area (Å²) >= 11 is 0. The van der Waals surface area contributed by atoms with Gasteiger partial charge in [0.05, 0.1) is 0 Å². The van der Waals surface area contributed by atoms with Gasteiger partial charge in [0.15, 0.2) is 23.3 Å². The molecule has 0 radical (unpaired) electrons. The van der Waals surface area contributed by atoms with Gasteiger partial charge >= 0.3 is 11.8 Å². The van der Waals surface area contributed by atoms with Gasteiger partial charge in [0, 0.05) is 57.2 Å². The Kier molecular flexibility index (Phi) is 6.09. The van der Waals surface area contributed by atoms with Crippen molar-refractivity contribution in [3.8, 4) is 0 Å². The smallest absolute Gasteiger partial charge is 0.311 e. The van der Waals surface area contributed by atoms with Crippen LogP contribution in [0.2, 0.25) is 0 Å². The molecule has 4 rings (SSSR count). The van der Waals surface area contributed by atoms with Gasteiger partial charge < -0.3 is 20.1 Å². The largest absolute Gasteiger partial charge is 0.351 e. The van der Waals surface area contributed by atoms with Crippen LogP contribution in [-0.4, -0.2) is 61.8 Å². The van der Waals surface area contributed by atoms with E-state index in [0.717, 1.165) is 10.8 Å². The molecule has 3 amide bonds. The number of rotatable bonds is 5. The molecule has 188 valence electrons. The lowest BCUT2D eigenvalue weighted by molar-refractivity contribution is -0.145. The fraction of sp³-hybridized carbons (Fsp3) is 0.350. The number of benzene rings is 1. The monoisotopic (exact) mass is 517 g/mol. The highest BCUT2D eigenvalue weighted by atomic mass is 32.2. The zero-order valence-corrected chi connectivity index (χ0v) is 19.1. The van der Waals surface area contributed by atoms with Crippen LogP contribution >= 0.6 is 0 Å². The molecule has 1 aromatic carbocycles. The molecule has 3 atom stereocenters. The van der Waals surface area contributed by atoms with Gasteiger partial charge in [-0.3, -0.25) is 14.4 Å². The minimum absolute atomic E-state index is 0.153. The summed E-state index contributed by atoms with van der Waals surface area (Å²) in [7, 11) is -1.93. The number of carbonyl (C=O) groups excluding carboxylic acids is 3. The van der Waals surface area contributed by atoms with Gasteiger partial charge in [0.25, 0.3) is 5.91 Å². The Balaban J connectivity index is 1.47. The highest BCUT2D eigenvalue weighted by Crippen LogP contribution is 2.46. The van der Waals surface area contributed by atoms with Crippen LogP contribution in [0.25, 0.3) is 0 Å². The number of likely N-dealkylation sites (N-methyl/N-ethyl adjacent to an activating group) is 1. The molecule has 1 aliphatic carbocycles. The average molecular weight is 517 g/mol. The number of nitrogens with one attached hydrogen (secondary N) is 3. The molecule has 2 fully saturated rings. The van der Waals surface area contributed by atoms with E-state index in [-0.39, 0.29) is 24.9 Å². The van der Waals surface area contributed by atoms with E-state index < -0.39 is 73.3 Å². The number of anilines is 1. The van der Waals surface area contributed by atoms with Crippen LogP contribution in [0.4, 0.5) is 23.2 Å². The quantitative estimate of drug-likeness (QED) is 0.299. The number of halogens is 4. The molecule has 1 aromatic heterocycles. The fourth-order valence-corrected chi connectivity index (χ4v) is 5.66. The number of hydrogen-bond donors (Lipinski definition) is 3. The van der Waals surface area contributed by atoms with E-state index in [9.17, 15) is 36.0 Å². The number of amides is 3. The molecule has 2 unspecified atom stereocenters. The Morgan fingerprint density at radius 2 is 1.57 bits per heavy atom. The predicted octanol–water partition coefficient (Wildman–Crippen LogP) is 0.315. The fourth-order valence-electron chi connectivity index (χ4n) is 4.19. The number of piperidine rings is 1. The predicted molar refractivity (Wildman–Crippen MR) is 111 cm³/mol. The molecule has 10 nitrogen and oxygen atoms in total. The van der Waals surface area contributed by atoms with E-state index in [1.54, 1.807) is 0 Å².